The van der Waals surface area contributed by atoms with Crippen molar-refractivity contribution in [1.29, 1.82) is 0 Å². The SMILES string of the molecule is CCCCCn1nc(-c2cccc(C(C)O)c2)c(=O)c2ccccc21. The number of hydrogen-bond acceptors (Lipinski definition) is 3. The molecule has 0 amide bonds. The summed E-state index contributed by atoms with van der Waals surface area (Å²) in [5.74, 6) is 0. The van der Waals surface area contributed by atoms with E-state index in [-0.39, 0.29) is 5.43 Å². The van der Waals surface area contributed by atoms with Gasteiger partial charge in [-0.2, -0.15) is 5.10 Å². The highest BCUT2D eigenvalue weighted by Crippen LogP contribution is 2.21. The first-order valence-corrected chi connectivity index (χ1v) is 8.90. The van der Waals surface area contributed by atoms with Crippen LogP contribution in [0.4, 0.5) is 0 Å². The van der Waals surface area contributed by atoms with Gasteiger partial charge in [-0.1, -0.05) is 50.1 Å². The summed E-state index contributed by atoms with van der Waals surface area (Å²) in [5.41, 5.74) is 2.78. The topological polar surface area (TPSA) is 55.1 Å². The molecule has 1 aromatic heterocycles. The normalized spacial score (nSPS) is 12.4. The lowest BCUT2D eigenvalue weighted by molar-refractivity contribution is 0.199. The van der Waals surface area contributed by atoms with Gasteiger partial charge in [0.1, 0.15) is 5.69 Å². The van der Waals surface area contributed by atoms with Crippen molar-refractivity contribution in [2.75, 3.05) is 0 Å². The maximum Gasteiger partial charge on any atom is 0.215 e. The second-order valence-corrected chi connectivity index (χ2v) is 6.43. The summed E-state index contributed by atoms with van der Waals surface area (Å²) < 4.78 is 1.94. The van der Waals surface area contributed by atoms with Gasteiger partial charge in [-0.25, -0.2) is 0 Å². The molecule has 2 aromatic carbocycles. The summed E-state index contributed by atoms with van der Waals surface area (Å²) >= 11 is 0. The number of nitrogens with zero attached hydrogens (tertiary/aromatic N) is 2. The molecule has 0 fully saturated rings. The first kappa shape index (κ1) is 17.4. The van der Waals surface area contributed by atoms with Gasteiger partial charge < -0.3 is 5.11 Å². The van der Waals surface area contributed by atoms with Crippen molar-refractivity contribution in [3.8, 4) is 11.3 Å². The van der Waals surface area contributed by atoms with Crippen LogP contribution in [-0.4, -0.2) is 14.9 Å². The van der Waals surface area contributed by atoms with E-state index < -0.39 is 6.10 Å². The second kappa shape index (κ2) is 7.62. The Morgan fingerprint density at radius 2 is 1.92 bits per heavy atom. The average Bonchev–Trinajstić information content (AvgIpc) is 2.64. The molecule has 3 rings (SSSR count). The highest BCUT2D eigenvalue weighted by Gasteiger charge is 2.13. The molecule has 0 bridgehead atoms. The van der Waals surface area contributed by atoms with Gasteiger partial charge in [0, 0.05) is 17.5 Å². The molecule has 1 unspecified atom stereocenters. The molecule has 3 aromatic rings. The van der Waals surface area contributed by atoms with Crippen LogP contribution in [-0.2, 0) is 6.54 Å². The third-order valence-electron chi connectivity index (χ3n) is 4.48. The summed E-state index contributed by atoms with van der Waals surface area (Å²) in [5, 5.41) is 15.2. The van der Waals surface area contributed by atoms with Crippen LogP contribution in [0.25, 0.3) is 22.2 Å². The Hall–Kier alpha value is -2.46. The number of para-hydroxylation sites is 1. The second-order valence-electron chi connectivity index (χ2n) is 6.43. The molecule has 1 N–H and O–H groups in total. The molecule has 0 spiro atoms. The Balaban J connectivity index is 2.16. The van der Waals surface area contributed by atoms with E-state index in [0.717, 1.165) is 42.5 Å². The van der Waals surface area contributed by atoms with Gasteiger partial charge in [-0.05, 0) is 37.1 Å². The molecule has 0 aliphatic rings. The van der Waals surface area contributed by atoms with Crippen LogP contribution in [0.2, 0.25) is 0 Å². The number of hydrogen-bond donors (Lipinski definition) is 1. The molecule has 0 aliphatic heterocycles. The van der Waals surface area contributed by atoms with E-state index in [1.165, 1.54) is 0 Å². The minimum Gasteiger partial charge on any atom is -0.389 e. The Labute approximate surface area is 147 Å². The quantitative estimate of drug-likeness (QED) is 0.683. The maximum absolute atomic E-state index is 13.0. The number of benzene rings is 2. The summed E-state index contributed by atoms with van der Waals surface area (Å²) in [4.78, 5) is 13.0. The van der Waals surface area contributed by atoms with Crippen LogP contribution in [0.3, 0.4) is 0 Å². The summed E-state index contributed by atoms with van der Waals surface area (Å²) in [6.45, 7) is 4.68. The van der Waals surface area contributed by atoms with Crippen molar-refractivity contribution in [1.82, 2.24) is 9.78 Å². The molecule has 0 aliphatic carbocycles. The first-order chi connectivity index (χ1) is 12.1. The Bertz CT molecular complexity index is 929. The highest BCUT2D eigenvalue weighted by molar-refractivity contribution is 5.82. The molecule has 130 valence electrons. The van der Waals surface area contributed by atoms with Gasteiger partial charge in [-0.3, -0.25) is 9.48 Å². The van der Waals surface area contributed by atoms with Crippen LogP contribution in [0.15, 0.2) is 53.3 Å². The van der Waals surface area contributed by atoms with Crippen molar-refractivity contribution in [3.63, 3.8) is 0 Å². The van der Waals surface area contributed by atoms with Crippen molar-refractivity contribution in [3.05, 3.63) is 64.3 Å². The smallest absolute Gasteiger partial charge is 0.215 e. The van der Waals surface area contributed by atoms with Gasteiger partial charge in [0.2, 0.25) is 5.43 Å². The van der Waals surface area contributed by atoms with Crippen LogP contribution in [0, 0.1) is 0 Å². The molecule has 4 nitrogen and oxygen atoms in total. The zero-order chi connectivity index (χ0) is 17.8. The number of rotatable bonds is 6. The fourth-order valence-corrected chi connectivity index (χ4v) is 3.05. The first-order valence-electron chi connectivity index (χ1n) is 8.90. The summed E-state index contributed by atoms with van der Waals surface area (Å²) in [7, 11) is 0. The number of aromatic nitrogens is 2. The zero-order valence-electron chi connectivity index (χ0n) is 14.8. The lowest BCUT2D eigenvalue weighted by Crippen LogP contribution is -2.17. The van der Waals surface area contributed by atoms with Crippen molar-refractivity contribution in [2.45, 2.75) is 45.8 Å². The monoisotopic (exact) mass is 336 g/mol. The van der Waals surface area contributed by atoms with Gasteiger partial charge in [-0.15, -0.1) is 0 Å². The minimum absolute atomic E-state index is 0.0647. The molecular formula is C21H24N2O2. The van der Waals surface area contributed by atoms with E-state index in [1.54, 1.807) is 6.92 Å². The van der Waals surface area contributed by atoms with E-state index >= 15 is 0 Å². The lowest BCUT2D eigenvalue weighted by atomic mass is 10.0. The van der Waals surface area contributed by atoms with E-state index in [9.17, 15) is 9.90 Å². The third-order valence-corrected chi connectivity index (χ3v) is 4.48. The van der Waals surface area contributed by atoms with E-state index in [1.807, 2.05) is 53.2 Å². The summed E-state index contributed by atoms with van der Waals surface area (Å²) in [6, 6.07) is 15.1. The van der Waals surface area contributed by atoms with E-state index in [2.05, 4.69) is 12.0 Å². The molecule has 0 saturated heterocycles. The van der Waals surface area contributed by atoms with Gasteiger partial charge >= 0.3 is 0 Å². The van der Waals surface area contributed by atoms with Gasteiger partial charge in [0.05, 0.1) is 11.6 Å². The number of aliphatic hydroxyl groups excluding tert-OH is 1. The number of unbranched alkanes of at least 4 members (excludes halogenated alkanes) is 2. The predicted molar refractivity (Wildman–Crippen MR) is 102 cm³/mol. The number of fused-ring (bicyclic) bond motifs is 1. The molecule has 0 radical (unpaired) electrons. The van der Waals surface area contributed by atoms with Gasteiger partial charge in [0.25, 0.3) is 0 Å². The predicted octanol–water partition coefficient (Wildman–Crippen LogP) is 4.31. The van der Waals surface area contributed by atoms with Crippen molar-refractivity contribution in [2.24, 2.45) is 0 Å². The van der Waals surface area contributed by atoms with Crippen LogP contribution < -0.4 is 5.43 Å². The Morgan fingerprint density at radius 1 is 1.12 bits per heavy atom. The number of aliphatic hydroxyl groups is 1. The highest BCUT2D eigenvalue weighted by atomic mass is 16.3. The fourth-order valence-electron chi connectivity index (χ4n) is 3.05. The van der Waals surface area contributed by atoms with E-state index in [0.29, 0.717) is 11.1 Å². The van der Waals surface area contributed by atoms with E-state index in [4.69, 9.17) is 0 Å². The third kappa shape index (κ3) is 3.64. The standard InChI is InChI=1S/C21H24N2O2/c1-3-4-7-13-23-19-12-6-5-11-18(19)21(25)20(22-23)17-10-8-9-16(14-17)15(2)24/h5-6,8-12,14-15,24H,3-4,7,13H2,1-2H3. The molecule has 1 atom stereocenters. The Kier molecular flexibility index (Phi) is 5.29. The molecule has 0 saturated carbocycles. The molecular weight excluding hydrogens is 312 g/mol. The molecule has 25 heavy (non-hydrogen) atoms. The van der Waals surface area contributed by atoms with Gasteiger partial charge in [0.15, 0.2) is 0 Å². The van der Waals surface area contributed by atoms with Crippen molar-refractivity contribution < 1.29 is 5.11 Å². The van der Waals surface area contributed by atoms with Crippen LogP contribution in [0.1, 0.15) is 44.8 Å². The summed E-state index contributed by atoms with van der Waals surface area (Å²) in [6.07, 6.45) is 2.73. The zero-order valence-corrected chi connectivity index (χ0v) is 14.8. The minimum atomic E-state index is -0.577. The van der Waals surface area contributed by atoms with Crippen LogP contribution >= 0.6 is 0 Å². The fraction of sp³-hybridized carbons (Fsp3) is 0.333. The molecule has 1 heterocycles. The lowest BCUT2D eigenvalue weighted by Gasteiger charge is -2.13. The number of aryl methyl sites for hydroxylation is 1. The van der Waals surface area contributed by atoms with Crippen LogP contribution in [0.5, 0.6) is 0 Å². The average molecular weight is 336 g/mol. The Morgan fingerprint density at radius 3 is 2.68 bits per heavy atom. The maximum atomic E-state index is 13.0. The largest absolute Gasteiger partial charge is 0.389 e. The molecule has 4 heteroatoms. The van der Waals surface area contributed by atoms with Crippen molar-refractivity contribution >= 4 is 10.9 Å².